The molecule has 0 saturated carbocycles. The Morgan fingerprint density at radius 2 is 1.82 bits per heavy atom. The van der Waals surface area contributed by atoms with E-state index >= 15 is 0 Å². The summed E-state index contributed by atoms with van der Waals surface area (Å²) >= 11 is 0. The molecule has 0 spiro atoms. The SMILES string of the molecule is CC.COC(=O)c1cc(F)c(N)c(C(C)=O)c1. The average molecular weight is 241 g/mol. The summed E-state index contributed by atoms with van der Waals surface area (Å²) in [6.07, 6.45) is 0. The normalized spacial score (nSPS) is 9.00. The lowest BCUT2D eigenvalue weighted by atomic mass is 10.1. The van der Waals surface area contributed by atoms with E-state index in [0.29, 0.717) is 0 Å². The highest BCUT2D eigenvalue weighted by Gasteiger charge is 2.15. The van der Waals surface area contributed by atoms with E-state index in [9.17, 15) is 14.0 Å². The lowest BCUT2D eigenvalue weighted by molar-refractivity contribution is 0.0600. The van der Waals surface area contributed by atoms with E-state index in [-0.39, 0.29) is 16.8 Å². The molecule has 0 aliphatic heterocycles. The third kappa shape index (κ3) is 3.55. The van der Waals surface area contributed by atoms with Crippen molar-refractivity contribution in [2.75, 3.05) is 12.8 Å². The third-order valence-electron chi connectivity index (χ3n) is 1.93. The van der Waals surface area contributed by atoms with Crippen LogP contribution in [-0.2, 0) is 4.74 Å². The van der Waals surface area contributed by atoms with Gasteiger partial charge < -0.3 is 10.5 Å². The fourth-order valence-electron chi connectivity index (χ4n) is 1.14. The molecule has 0 aromatic heterocycles. The molecule has 17 heavy (non-hydrogen) atoms. The number of nitrogen functional groups attached to an aromatic ring is 1. The van der Waals surface area contributed by atoms with E-state index in [1.54, 1.807) is 0 Å². The minimum absolute atomic E-state index is 0.0181. The summed E-state index contributed by atoms with van der Waals surface area (Å²) in [4.78, 5) is 22.2. The van der Waals surface area contributed by atoms with Crippen molar-refractivity contribution in [3.05, 3.63) is 29.1 Å². The fourth-order valence-corrected chi connectivity index (χ4v) is 1.14. The van der Waals surface area contributed by atoms with Crippen LogP contribution in [0.25, 0.3) is 0 Å². The molecule has 4 nitrogen and oxygen atoms in total. The number of nitrogens with two attached hydrogens (primary N) is 1. The molecule has 1 aromatic rings. The number of hydrogen-bond donors (Lipinski definition) is 1. The maximum atomic E-state index is 13.2. The monoisotopic (exact) mass is 241 g/mol. The van der Waals surface area contributed by atoms with Gasteiger partial charge in [0, 0.05) is 5.56 Å². The van der Waals surface area contributed by atoms with Crippen molar-refractivity contribution in [2.45, 2.75) is 20.8 Å². The zero-order valence-corrected chi connectivity index (χ0v) is 10.3. The highest BCUT2D eigenvalue weighted by atomic mass is 19.1. The maximum Gasteiger partial charge on any atom is 0.337 e. The van der Waals surface area contributed by atoms with E-state index in [2.05, 4.69) is 4.74 Å². The predicted octanol–water partition coefficient (Wildman–Crippen LogP) is 2.42. The number of esters is 1. The molecule has 2 N–H and O–H groups in total. The molecule has 1 aromatic carbocycles. The zero-order valence-electron chi connectivity index (χ0n) is 10.3. The number of carbonyl (C=O) groups is 2. The zero-order chi connectivity index (χ0) is 13.6. The van der Waals surface area contributed by atoms with Gasteiger partial charge in [-0.3, -0.25) is 4.79 Å². The number of hydrogen-bond acceptors (Lipinski definition) is 4. The molecule has 94 valence electrons. The number of methoxy groups -OCH3 is 1. The quantitative estimate of drug-likeness (QED) is 0.490. The second-order valence-corrected chi connectivity index (χ2v) is 2.97. The Morgan fingerprint density at radius 3 is 2.24 bits per heavy atom. The van der Waals surface area contributed by atoms with E-state index in [1.807, 2.05) is 13.8 Å². The highest BCUT2D eigenvalue weighted by Crippen LogP contribution is 2.19. The maximum absolute atomic E-state index is 13.2. The van der Waals surface area contributed by atoms with Crippen LogP contribution in [0.15, 0.2) is 12.1 Å². The summed E-state index contributed by atoms with van der Waals surface area (Å²) in [5, 5.41) is 0. The molecule has 0 saturated heterocycles. The topological polar surface area (TPSA) is 69.4 Å². The van der Waals surface area contributed by atoms with Gasteiger partial charge in [-0.1, -0.05) is 13.8 Å². The number of rotatable bonds is 2. The first-order chi connectivity index (χ1) is 7.97. The summed E-state index contributed by atoms with van der Waals surface area (Å²) < 4.78 is 17.6. The first kappa shape index (κ1) is 15.1. The second-order valence-electron chi connectivity index (χ2n) is 2.97. The van der Waals surface area contributed by atoms with E-state index in [1.165, 1.54) is 20.1 Å². The van der Waals surface area contributed by atoms with Gasteiger partial charge in [0.15, 0.2) is 5.78 Å². The van der Waals surface area contributed by atoms with Crippen molar-refractivity contribution >= 4 is 17.4 Å². The van der Waals surface area contributed by atoms with Crippen molar-refractivity contribution < 1.29 is 18.7 Å². The number of benzene rings is 1. The Morgan fingerprint density at radius 1 is 1.29 bits per heavy atom. The van der Waals surface area contributed by atoms with Gasteiger partial charge in [0.05, 0.1) is 18.4 Å². The Bertz CT molecular complexity index is 430. The second kappa shape index (κ2) is 6.62. The minimum atomic E-state index is -0.803. The first-order valence-corrected chi connectivity index (χ1v) is 5.15. The Labute approximate surface area is 99.6 Å². The van der Waals surface area contributed by atoms with Crippen molar-refractivity contribution in [1.82, 2.24) is 0 Å². The predicted molar refractivity (Wildman–Crippen MR) is 63.5 cm³/mol. The molecular weight excluding hydrogens is 225 g/mol. The largest absolute Gasteiger partial charge is 0.465 e. The van der Waals surface area contributed by atoms with Crippen LogP contribution in [0.5, 0.6) is 0 Å². The van der Waals surface area contributed by atoms with Crippen molar-refractivity contribution in [2.24, 2.45) is 0 Å². The van der Waals surface area contributed by atoms with E-state index in [0.717, 1.165) is 6.07 Å². The standard InChI is InChI=1S/C10H10FNO3.C2H6/c1-5(13)7-3-6(10(14)15-2)4-8(11)9(7)12;1-2/h3-4H,12H2,1-2H3;1-2H3. The van der Waals surface area contributed by atoms with Crippen LogP contribution < -0.4 is 5.73 Å². The van der Waals surface area contributed by atoms with Gasteiger partial charge in [-0.2, -0.15) is 0 Å². The smallest absolute Gasteiger partial charge is 0.337 e. The van der Waals surface area contributed by atoms with E-state index < -0.39 is 17.6 Å². The lowest BCUT2D eigenvalue weighted by Gasteiger charge is -2.06. The molecule has 0 heterocycles. The van der Waals surface area contributed by atoms with Gasteiger partial charge in [0.1, 0.15) is 5.82 Å². The molecule has 0 atom stereocenters. The molecule has 5 heteroatoms. The summed E-state index contributed by atoms with van der Waals surface area (Å²) in [6, 6.07) is 2.15. The Hall–Kier alpha value is -1.91. The lowest BCUT2D eigenvalue weighted by Crippen LogP contribution is -2.08. The van der Waals surface area contributed by atoms with Gasteiger partial charge in [-0.25, -0.2) is 9.18 Å². The van der Waals surface area contributed by atoms with Crippen molar-refractivity contribution in [1.29, 1.82) is 0 Å². The number of ether oxygens (including phenoxy) is 1. The molecule has 0 fully saturated rings. The van der Waals surface area contributed by atoms with Crippen LogP contribution in [0.3, 0.4) is 0 Å². The molecule has 0 radical (unpaired) electrons. The number of halogens is 1. The Kier molecular flexibility index (Phi) is 5.88. The summed E-state index contributed by atoms with van der Waals surface area (Å²) in [5.74, 6) is -1.92. The fraction of sp³-hybridized carbons (Fsp3) is 0.333. The molecule has 0 unspecified atom stereocenters. The van der Waals surface area contributed by atoms with Crippen LogP contribution in [0.2, 0.25) is 0 Å². The minimum Gasteiger partial charge on any atom is -0.465 e. The average Bonchev–Trinajstić information content (AvgIpc) is 2.33. The van der Waals surface area contributed by atoms with Gasteiger partial charge in [-0.05, 0) is 19.1 Å². The van der Waals surface area contributed by atoms with Crippen LogP contribution >= 0.6 is 0 Å². The van der Waals surface area contributed by atoms with Gasteiger partial charge in [0.25, 0.3) is 0 Å². The van der Waals surface area contributed by atoms with Crippen LogP contribution in [0.1, 0.15) is 41.5 Å². The van der Waals surface area contributed by atoms with Gasteiger partial charge in [0.2, 0.25) is 0 Å². The van der Waals surface area contributed by atoms with Crippen molar-refractivity contribution in [3.8, 4) is 0 Å². The highest BCUT2D eigenvalue weighted by molar-refractivity contribution is 6.02. The molecular formula is C12H16FNO3. The molecule has 0 aliphatic rings. The molecule has 0 aliphatic carbocycles. The summed E-state index contributed by atoms with van der Waals surface area (Å²) in [6.45, 7) is 5.24. The van der Waals surface area contributed by atoms with Crippen molar-refractivity contribution in [3.63, 3.8) is 0 Å². The van der Waals surface area contributed by atoms with E-state index in [4.69, 9.17) is 5.73 Å². The number of anilines is 1. The molecule has 0 bridgehead atoms. The third-order valence-corrected chi connectivity index (χ3v) is 1.93. The summed E-state index contributed by atoms with van der Waals surface area (Å²) in [7, 11) is 1.17. The number of Topliss-reactive ketones (excluding diaryl/α,β-unsaturated/α-hetero) is 1. The Balaban J connectivity index is 0.00000121. The first-order valence-electron chi connectivity index (χ1n) is 5.15. The van der Waals surface area contributed by atoms with Gasteiger partial charge >= 0.3 is 5.97 Å². The molecule has 0 amide bonds. The van der Waals surface area contributed by atoms with Gasteiger partial charge in [-0.15, -0.1) is 0 Å². The summed E-state index contributed by atoms with van der Waals surface area (Å²) in [5.41, 5.74) is 5.04. The van der Waals surface area contributed by atoms with Crippen LogP contribution in [0, 0.1) is 5.82 Å². The number of ketones is 1. The van der Waals surface area contributed by atoms with Crippen LogP contribution in [0.4, 0.5) is 10.1 Å². The number of carbonyl (C=O) groups excluding carboxylic acids is 2. The molecule has 1 rings (SSSR count). The van der Waals surface area contributed by atoms with Crippen LogP contribution in [-0.4, -0.2) is 18.9 Å².